The van der Waals surface area contributed by atoms with E-state index in [9.17, 15) is 0 Å². The summed E-state index contributed by atoms with van der Waals surface area (Å²) >= 11 is 0. The number of aromatic nitrogens is 3. The zero-order valence-electron chi connectivity index (χ0n) is 14.2. The van der Waals surface area contributed by atoms with Crippen molar-refractivity contribution in [2.75, 3.05) is 0 Å². The van der Waals surface area contributed by atoms with Crippen molar-refractivity contribution < 1.29 is 0 Å². The van der Waals surface area contributed by atoms with Gasteiger partial charge in [-0.05, 0) is 36.4 Å². The van der Waals surface area contributed by atoms with Gasteiger partial charge in [-0.1, -0.05) is 42.5 Å². The summed E-state index contributed by atoms with van der Waals surface area (Å²) in [4.78, 5) is 9.17. The van der Waals surface area contributed by atoms with Gasteiger partial charge in [0.05, 0.1) is 23.6 Å². The first-order valence-corrected chi connectivity index (χ1v) is 8.44. The Morgan fingerprint density at radius 1 is 0.760 bits per heavy atom. The maximum Gasteiger partial charge on any atom is 0.145 e. The lowest BCUT2D eigenvalue weighted by molar-refractivity contribution is 1.22. The van der Waals surface area contributed by atoms with Gasteiger partial charge in [-0.2, -0.15) is 0 Å². The average Bonchev–Trinajstić information content (AvgIpc) is 3.07. The molecule has 0 saturated carbocycles. The maximum absolute atomic E-state index is 4.79. The Bertz CT molecular complexity index is 1240. The third-order valence-electron chi connectivity index (χ3n) is 5.00. The zero-order chi connectivity index (χ0) is 17.0. The van der Waals surface area contributed by atoms with E-state index in [2.05, 4.69) is 71.8 Å². The van der Waals surface area contributed by atoms with E-state index in [0.29, 0.717) is 0 Å². The van der Waals surface area contributed by atoms with Crippen molar-refractivity contribution in [2.24, 2.45) is 0 Å². The molecule has 0 spiro atoms. The largest absolute Gasteiger partial charge is 0.290 e. The zero-order valence-corrected chi connectivity index (χ0v) is 14.2. The molecule has 3 heterocycles. The van der Waals surface area contributed by atoms with Crippen LogP contribution in [0.1, 0.15) is 11.1 Å². The molecular formula is C22H17N3. The van der Waals surface area contributed by atoms with Gasteiger partial charge < -0.3 is 0 Å². The molecule has 0 unspecified atom stereocenters. The van der Waals surface area contributed by atoms with Crippen molar-refractivity contribution >= 4 is 27.3 Å². The van der Waals surface area contributed by atoms with Crippen LogP contribution in [0.4, 0.5) is 0 Å². The summed E-state index contributed by atoms with van der Waals surface area (Å²) in [6, 6.07) is 17.0. The van der Waals surface area contributed by atoms with Crippen LogP contribution in [0.5, 0.6) is 0 Å². The molecule has 2 aromatic carbocycles. The van der Waals surface area contributed by atoms with Crippen LogP contribution in [0, 0.1) is 13.8 Å². The highest BCUT2D eigenvalue weighted by Crippen LogP contribution is 2.34. The van der Waals surface area contributed by atoms with Gasteiger partial charge in [-0.15, -0.1) is 0 Å². The number of benzene rings is 2. The molecule has 5 rings (SSSR count). The second kappa shape index (κ2) is 5.15. The third-order valence-corrected chi connectivity index (χ3v) is 5.00. The summed E-state index contributed by atoms with van der Waals surface area (Å²) in [6.07, 6.45) is 5.79. The molecule has 0 bridgehead atoms. The van der Waals surface area contributed by atoms with Crippen LogP contribution in [0.25, 0.3) is 38.6 Å². The first-order chi connectivity index (χ1) is 12.3. The van der Waals surface area contributed by atoms with Crippen LogP contribution >= 0.6 is 0 Å². The Morgan fingerprint density at radius 2 is 1.52 bits per heavy atom. The minimum atomic E-state index is 0.980. The van der Waals surface area contributed by atoms with Gasteiger partial charge in [-0.25, -0.2) is 4.98 Å². The number of imidazole rings is 1. The molecule has 0 aliphatic carbocycles. The highest BCUT2D eigenvalue weighted by Gasteiger charge is 2.16. The lowest BCUT2D eigenvalue weighted by Gasteiger charge is -2.13. The molecule has 0 atom stereocenters. The molecule has 0 aliphatic rings. The van der Waals surface area contributed by atoms with E-state index in [1.807, 2.05) is 18.6 Å². The second-order valence-corrected chi connectivity index (χ2v) is 6.51. The Hall–Kier alpha value is -3.20. The number of hydrogen-bond acceptors (Lipinski definition) is 2. The minimum absolute atomic E-state index is 0.980. The smallest absolute Gasteiger partial charge is 0.145 e. The number of aryl methyl sites for hydroxylation is 2. The normalized spacial score (nSPS) is 11.6. The van der Waals surface area contributed by atoms with Crippen LogP contribution < -0.4 is 0 Å². The van der Waals surface area contributed by atoms with E-state index in [1.165, 1.54) is 32.8 Å². The Kier molecular flexibility index (Phi) is 2.92. The molecule has 5 aromatic rings. The van der Waals surface area contributed by atoms with Gasteiger partial charge in [0.15, 0.2) is 0 Å². The van der Waals surface area contributed by atoms with E-state index in [4.69, 9.17) is 4.98 Å². The number of nitrogens with zero attached hydrogens (tertiary/aromatic N) is 3. The first-order valence-electron chi connectivity index (χ1n) is 8.44. The van der Waals surface area contributed by atoms with Crippen LogP contribution in [0.3, 0.4) is 0 Å². The van der Waals surface area contributed by atoms with E-state index >= 15 is 0 Å². The number of rotatable bonds is 1. The van der Waals surface area contributed by atoms with Crippen molar-refractivity contribution in [1.82, 2.24) is 14.4 Å². The first kappa shape index (κ1) is 14.2. The predicted molar refractivity (Wildman–Crippen MR) is 103 cm³/mol. The molecule has 3 nitrogen and oxygen atoms in total. The number of fused-ring (bicyclic) bond motifs is 6. The molecule has 0 fully saturated rings. The van der Waals surface area contributed by atoms with E-state index in [0.717, 1.165) is 16.9 Å². The topological polar surface area (TPSA) is 30.2 Å². The lowest BCUT2D eigenvalue weighted by atomic mass is 10.00. The summed E-state index contributed by atoms with van der Waals surface area (Å²) in [5.41, 5.74) is 6.95. The van der Waals surface area contributed by atoms with Crippen molar-refractivity contribution in [3.8, 4) is 11.3 Å². The van der Waals surface area contributed by atoms with E-state index in [-0.39, 0.29) is 0 Å². The molecule has 3 aromatic heterocycles. The molecule has 25 heavy (non-hydrogen) atoms. The molecular weight excluding hydrogens is 306 g/mol. The van der Waals surface area contributed by atoms with Gasteiger partial charge in [-0.3, -0.25) is 9.38 Å². The summed E-state index contributed by atoms with van der Waals surface area (Å²) in [7, 11) is 0. The molecule has 0 amide bonds. The molecule has 0 radical (unpaired) electrons. The number of pyridine rings is 2. The summed E-state index contributed by atoms with van der Waals surface area (Å²) < 4.78 is 2.25. The Balaban J connectivity index is 2.05. The summed E-state index contributed by atoms with van der Waals surface area (Å²) in [6.45, 7) is 4.31. The van der Waals surface area contributed by atoms with Gasteiger partial charge in [0, 0.05) is 22.5 Å². The van der Waals surface area contributed by atoms with Crippen LogP contribution in [-0.2, 0) is 0 Å². The molecule has 120 valence electrons. The van der Waals surface area contributed by atoms with Gasteiger partial charge in [0.2, 0.25) is 0 Å². The molecule has 0 saturated heterocycles. The molecule has 3 heteroatoms. The predicted octanol–water partition coefficient (Wildman–Crippen LogP) is 5.32. The summed E-state index contributed by atoms with van der Waals surface area (Å²) in [5, 5.41) is 3.58. The van der Waals surface area contributed by atoms with Gasteiger partial charge in [0.1, 0.15) is 5.65 Å². The van der Waals surface area contributed by atoms with Crippen molar-refractivity contribution in [2.45, 2.75) is 13.8 Å². The fourth-order valence-electron chi connectivity index (χ4n) is 3.89. The Labute approximate surface area is 145 Å². The molecule has 0 aliphatic heterocycles. The maximum atomic E-state index is 4.79. The van der Waals surface area contributed by atoms with Crippen LogP contribution in [-0.4, -0.2) is 14.4 Å². The van der Waals surface area contributed by atoms with Crippen molar-refractivity contribution in [3.63, 3.8) is 0 Å². The summed E-state index contributed by atoms with van der Waals surface area (Å²) in [5.74, 6) is 0. The van der Waals surface area contributed by atoms with Crippen LogP contribution in [0.15, 0.2) is 67.1 Å². The minimum Gasteiger partial charge on any atom is -0.290 e. The monoisotopic (exact) mass is 323 g/mol. The standard InChI is InChI=1S/C22H17N3/c1-14-6-5-7-15(2)21(14)20-13-24-22-18-9-4-3-8-16(18)17-10-11-23-12-19(17)25(20)22/h3-13H,1-2H3. The third kappa shape index (κ3) is 1.92. The quantitative estimate of drug-likeness (QED) is 0.391. The van der Waals surface area contributed by atoms with Gasteiger partial charge >= 0.3 is 0 Å². The van der Waals surface area contributed by atoms with Crippen LogP contribution in [0.2, 0.25) is 0 Å². The number of hydrogen-bond donors (Lipinski definition) is 0. The van der Waals surface area contributed by atoms with Crippen molar-refractivity contribution in [1.29, 1.82) is 0 Å². The van der Waals surface area contributed by atoms with Crippen molar-refractivity contribution in [3.05, 3.63) is 78.2 Å². The van der Waals surface area contributed by atoms with Gasteiger partial charge in [0.25, 0.3) is 0 Å². The van der Waals surface area contributed by atoms with E-state index < -0.39 is 0 Å². The fourth-order valence-corrected chi connectivity index (χ4v) is 3.89. The Morgan fingerprint density at radius 3 is 2.32 bits per heavy atom. The second-order valence-electron chi connectivity index (χ2n) is 6.51. The molecule has 0 N–H and O–H groups in total. The lowest BCUT2D eigenvalue weighted by Crippen LogP contribution is -1.96. The van der Waals surface area contributed by atoms with E-state index in [1.54, 1.807) is 0 Å². The fraction of sp³-hybridized carbons (Fsp3) is 0.0909. The SMILES string of the molecule is Cc1cccc(C)c1-c1cnc2c3ccccc3c3ccncc3n12. The highest BCUT2D eigenvalue weighted by molar-refractivity contribution is 6.12. The highest BCUT2D eigenvalue weighted by atomic mass is 15.0. The average molecular weight is 323 g/mol.